The molecule has 1 aromatic carbocycles. The third-order valence-corrected chi connectivity index (χ3v) is 9.46. The van der Waals surface area contributed by atoms with Crippen LogP contribution in [0.3, 0.4) is 0 Å². The molecule has 2 heterocycles. The Morgan fingerprint density at radius 1 is 1.14 bits per heavy atom. The number of halogens is 1. The van der Waals surface area contributed by atoms with Gasteiger partial charge in [0.25, 0.3) is 0 Å². The molecule has 3 rings (SSSR count). The largest absolute Gasteiger partial charge is 0.493 e. The van der Waals surface area contributed by atoms with Gasteiger partial charge in [-0.1, -0.05) is 18.7 Å². The smallest absolute Gasteiger partial charge is 0.229 e. The predicted octanol–water partition coefficient (Wildman–Crippen LogP) is 1.66. The topological polar surface area (TPSA) is 159 Å². The second-order valence-corrected chi connectivity index (χ2v) is 11.3. The van der Waals surface area contributed by atoms with Crippen LogP contribution in [-0.2, 0) is 25.5 Å². The number of hydrogen-bond donors (Lipinski definition) is 4. The maximum Gasteiger partial charge on any atom is 0.229 e. The number of thioether (sulfide) groups is 1. The Labute approximate surface area is 234 Å². The van der Waals surface area contributed by atoms with Gasteiger partial charge in [-0.05, 0) is 55.3 Å². The summed E-state index contributed by atoms with van der Waals surface area (Å²) in [6, 6.07) is 0. The molecule has 0 amide bonds. The molecule has 2 fully saturated rings. The SMILES string of the molecule is CCc1c(OC)c(OC2OC(C)[C@H](O)[C@@H](OC)[C@H]2O)c(I)c(C)c1C(=O)S[C@H]1[C@@H](O)C[C@H](ON)O[C@@H]1C. The second kappa shape index (κ2) is 13.1. The molecule has 0 radical (unpaired) electrons. The average Bonchev–Trinajstić information content (AvgIpc) is 2.87. The number of carbonyl (C=O) groups excluding carboxylic acids is 1. The number of rotatable bonds is 8. The van der Waals surface area contributed by atoms with Crippen LogP contribution in [0.25, 0.3) is 0 Å². The highest BCUT2D eigenvalue weighted by molar-refractivity contribution is 14.1. The Balaban J connectivity index is 1.95. The molecule has 0 bridgehead atoms. The normalized spacial score (nSPS) is 34.3. The van der Waals surface area contributed by atoms with Gasteiger partial charge >= 0.3 is 0 Å². The van der Waals surface area contributed by atoms with Gasteiger partial charge in [-0.3, -0.25) is 9.63 Å². The highest BCUT2D eigenvalue weighted by Crippen LogP contribution is 2.44. The Morgan fingerprint density at radius 3 is 2.35 bits per heavy atom. The van der Waals surface area contributed by atoms with E-state index in [1.165, 1.54) is 14.2 Å². The monoisotopic (exact) mass is 657 g/mol. The van der Waals surface area contributed by atoms with Crippen molar-refractivity contribution in [1.29, 1.82) is 0 Å². The minimum Gasteiger partial charge on any atom is -0.493 e. The number of hydrogen-bond acceptors (Lipinski definition) is 12. The quantitative estimate of drug-likeness (QED) is 0.237. The molecule has 210 valence electrons. The second-order valence-electron chi connectivity index (χ2n) is 9.10. The Kier molecular flexibility index (Phi) is 10.9. The van der Waals surface area contributed by atoms with Crippen molar-refractivity contribution in [3.8, 4) is 11.5 Å². The molecule has 13 heteroatoms. The average molecular weight is 658 g/mol. The first-order chi connectivity index (χ1) is 17.5. The van der Waals surface area contributed by atoms with Gasteiger partial charge in [0.15, 0.2) is 17.8 Å². The summed E-state index contributed by atoms with van der Waals surface area (Å²) in [5.74, 6) is 5.87. The zero-order chi connectivity index (χ0) is 27.6. The van der Waals surface area contributed by atoms with Gasteiger partial charge < -0.3 is 39.0 Å². The van der Waals surface area contributed by atoms with Gasteiger partial charge in [0.2, 0.25) is 11.4 Å². The van der Waals surface area contributed by atoms with Crippen LogP contribution in [0.5, 0.6) is 11.5 Å². The summed E-state index contributed by atoms with van der Waals surface area (Å²) in [5, 5.41) is 30.9. The van der Waals surface area contributed by atoms with E-state index >= 15 is 0 Å². The molecular formula is C24H36INO10S. The fraction of sp³-hybridized carbons (Fsp3) is 0.708. The van der Waals surface area contributed by atoms with E-state index in [-0.39, 0.29) is 11.5 Å². The van der Waals surface area contributed by atoms with Crippen molar-refractivity contribution in [2.45, 2.75) is 95.0 Å². The van der Waals surface area contributed by atoms with Crippen LogP contribution in [0.1, 0.15) is 48.7 Å². The first kappa shape index (κ1) is 30.8. The predicted molar refractivity (Wildman–Crippen MR) is 144 cm³/mol. The van der Waals surface area contributed by atoms with Crippen LogP contribution >= 0.6 is 34.4 Å². The van der Waals surface area contributed by atoms with Gasteiger partial charge in [0.05, 0.1) is 34.2 Å². The molecule has 9 atom stereocenters. The summed E-state index contributed by atoms with van der Waals surface area (Å²) < 4.78 is 29.1. The first-order valence-electron chi connectivity index (χ1n) is 12.0. The maximum atomic E-state index is 13.6. The third-order valence-electron chi connectivity index (χ3n) is 6.77. The van der Waals surface area contributed by atoms with Crippen LogP contribution in [0.4, 0.5) is 0 Å². The number of methoxy groups -OCH3 is 2. The molecular weight excluding hydrogens is 621 g/mol. The zero-order valence-electron chi connectivity index (χ0n) is 21.7. The standard InChI is InChI=1S/C24H36INO10S/c1-7-12-15(23(30)37-22-11(4)33-14(36-26)8-13(22)27)9(2)16(25)20(19(12)31-5)35-24-18(29)21(32-6)17(28)10(3)34-24/h10-11,13-14,17-18,21-22,24,27-29H,7-8,26H2,1-6H3/t10?,11-,13+,14+,17+,18-,21-,22-,24?/m1/s1. The fourth-order valence-corrected chi connectivity index (χ4v) is 6.55. The zero-order valence-corrected chi connectivity index (χ0v) is 24.6. The van der Waals surface area contributed by atoms with Gasteiger partial charge in [0.1, 0.15) is 18.3 Å². The summed E-state index contributed by atoms with van der Waals surface area (Å²) in [6.07, 6.45) is -6.46. The number of nitrogens with two attached hydrogens (primary N) is 1. The van der Waals surface area contributed by atoms with Gasteiger partial charge in [0, 0.05) is 24.7 Å². The van der Waals surface area contributed by atoms with Crippen molar-refractivity contribution in [3.05, 3.63) is 20.3 Å². The lowest BCUT2D eigenvalue weighted by Gasteiger charge is -2.41. The van der Waals surface area contributed by atoms with Crippen LogP contribution < -0.4 is 15.4 Å². The molecule has 0 spiro atoms. The van der Waals surface area contributed by atoms with E-state index < -0.39 is 54.5 Å². The molecule has 0 aromatic heterocycles. The van der Waals surface area contributed by atoms with Crippen LogP contribution in [0.2, 0.25) is 0 Å². The van der Waals surface area contributed by atoms with Crippen molar-refractivity contribution in [2.75, 3.05) is 14.2 Å². The summed E-state index contributed by atoms with van der Waals surface area (Å²) in [5.41, 5.74) is 1.74. The lowest BCUT2D eigenvalue weighted by molar-refractivity contribution is -0.273. The third kappa shape index (κ3) is 6.21. The first-order valence-corrected chi connectivity index (χ1v) is 14.0. The molecule has 2 aliphatic heterocycles. The van der Waals surface area contributed by atoms with E-state index in [1.807, 2.05) is 6.92 Å². The fourth-order valence-electron chi connectivity index (χ4n) is 4.74. The lowest BCUT2D eigenvalue weighted by Crippen LogP contribution is -2.59. The van der Waals surface area contributed by atoms with E-state index in [4.69, 9.17) is 34.4 Å². The van der Waals surface area contributed by atoms with Crippen molar-refractivity contribution >= 4 is 39.5 Å². The Hall–Kier alpha value is -0.750. The molecule has 37 heavy (non-hydrogen) atoms. The van der Waals surface area contributed by atoms with Crippen LogP contribution in [-0.4, -0.2) is 89.1 Å². The van der Waals surface area contributed by atoms with Gasteiger partial charge in [-0.25, -0.2) is 5.90 Å². The summed E-state index contributed by atoms with van der Waals surface area (Å²) in [6.45, 7) is 7.12. The van der Waals surface area contributed by atoms with E-state index in [1.54, 1.807) is 20.8 Å². The number of benzene rings is 1. The number of aliphatic hydroxyl groups is 3. The van der Waals surface area contributed by atoms with Gasteiger partial charge in [-0.15, -0.1) is 0 Å². The highest BCUT2D eigenvalue weighted by atomic mass is 127. The van der Waals surface area contributed by atoms with E-state index in [2.05, 4.69) is 22.6 Å². The van der Waals surface area contributed by atoms with Crippen molar-refractivity contribution in [3.63, 3.8) is 0 Å². The summed E-state index contributed by atoms with van der Waals surface area (Å²) >= 11 is 3.07. The molecule has 0 aliphatic carbocycles. The summed E-state index contributed by atoms with van der Waals surface area (Å²) in [7, 11) is 2.87. The summed E-state index contributed by atoms with van der Waals surface area (Å²) in [4.78, 5) is 18.3. The molecule has 1 aromatic rings. The van der Waals surface area contributed by atoms with Gasteiger partial charge in [-0.2, -0.15) is 0 Å². The van der Waals surface area contributed by atoms with Crippen molar-refractivity contribution in [1.82, 2.24) is 0 Å². The number of ether oxygens (including phenoxy) is 5. The molecule has 2 saturated heterocycles. The highest BCUT2D eigenvalue weighted by Gasteiger charge is 2.45. The Bertz CT molecular complexity index is 956. The number of carbonyl (C=O) groups is 1. The maximum absolute atomic E-state index is 13.6. The lowest BCUT2D eigenvalue weighted by atomic mass is 9.98. The molecule has 2 aliphatic rings. The number of aliphatic hydroxyl groups excluding tert-OH is 3. The molecule has 5 N–H and O–H groups in total. The van der Waals surface area contributed by atoms with E-state index in [0.717, 1.165) is 11.8 Å². The van der Waals surface area contributed by atoms with E-state index in [0.29, 0.717) is 38.2 Å². The minimum absolute atomic E-state index is 0.151. The van der Waals surface area contributed by atoms with Crippen molar-refractivity contribution < 1.29 is 48.6 Å². The van der Waals surface area contributed by atoms with E-state index in [9.17, 15) is 20.1 Å². The van der Waals surface area contributed by atoms with Crippen LogP contribution in [0.15, 0.2) is 0 Å². The molecule has 2 unspecified atom stereocenters. The molecule has 11 nitrogen and oxygen atoms in total. The minimum atomic E-state index is -1.27. The van der Waals surface area contributed by atoms with Crippen LogP contribution in [0, 0.1) is 10.5 Å². The van der Waals surface area contributed by atoms with Crippen molar-refractivity contribution in [2.24, 2.45) is 5.90 Å². The molecule has 0 saturated carbocycles. The Morgan fingerprint density at radius 2 is 1.81 bits per heavy atom.